The number of nitrogens with one attached hydrogen (secondary N) is 1. The zero-order valence-electron chi connectivity index (χ0n) is 11.9. The Hall–Kier alpha value is -2.01. The molecule has 0 aliphatic heterocycles. The van der Waals surface area contributed by atoms with Crippen LogP contribution in [-0.2, 0) is 0 Å². The molecule has 0 aliphatic rings. The molecule has 0 bridgehead atoms. The number of aromatic nitrogens is 2. The van der Waals surface area contributed by atoms with E-state index in [0.29, 0.717) is 11.4 Å². The molecular weight excluding hydrogens is 257 g/mol. The van der Waals surface area contributed by atoms with Gasteiger partial charge in [-0.3, -0.25) is 0 Å². The highest BCUT2D eigenvalue weighted by Crippen LogP contribution is 2.23. The third-order valence-electron chi connectivity index (χ3n) is 3.09. The van der Waals surface area contributed by atoms with Crippen molar-refractivity contribution in [2.75, 3.05) is 13.7 Å². The highest BCUT2D eigenvalue weighted by atomic mass is 19.1. The number of aryl methyl sites for hydroxylation is 1. The Kier molecular flexibility index (Phi) is 4.63. The lowest BCUT2D eigenvalue weighted by atomic mass is 10.0. The number of ether oxygens (including phenoxy) is 1. The SMILES string of the molecule is CCNC(c1ccc(F)c(C)c1)c1cc(OC)ncn1. The Morgan fingerprint density at radius 3 is 2.75 bits per heavy atom. The van der Waals surface area contributed by atoms with Gasteiger partial charge in [-0.2, -0.15) is 0 Å². The molecule has 106 valence electrons. The van der Waals surface area contributed by atoms with Gasteiger partial charge in [0, 0.05) is 6.07 Å². The lowest BCUT2D eigenvalue weighted by molar-refractivity contribution is 0.395. The van der Waals surface area contributed by atoms with Crippen molar-refractivity contribution in [2.45, 2.75) is 19.9 Å². The maximum absolute atomic E-state index is 13.4. The number of halogens is 1. The van der Waals surface area contributed by atoms with Crippen LogP contribution in [0, 0.1) is 12.7 Å². The molecule has 0 fully saturated rings. The quantitative estimate of drug-likeness (QED) is 0.911. The average Bonchev–Trinajstić information content (AvgIpc) is 2.48. The Balaban J connectivity index is 2.41. The predicted molar refractivity (Wildman–Crippen MR) is 75.2 cm³/mol. The summed E-state index contributed by atoms with van der Waals surface area (Å²) >= 11 is 0. The maximum atomic E-state index is 13.4. The second kappa shape index (κ2) is 6.43. The van der Waals surface area contributed by atoms with Crippen molar-refractivity contribution in [1.82, 2.24) is 15.3 Å². The van der Waals surface area contributed by atoms with Crippen molar-refractivity contribution in [1.29, 1.82) is 0 Å². The molecule has 1 heterocycles. The molecule has 2 aromatic rings. The number of hydrogen-bond donors (Lipinski definition) is 1. The Bertz CT molecular complexity index is 589. The van der Waals surface area contributed by atoms with Gasteiger partial charge in [0.25, 0.3) is 0 Å². The fraction of sp³-hybridized carbons (Fsp3) is 0.333. The second-order valence-corrected chi connectivity index (χ2v) is 4.48. The van der Waals surface area contributed by atoms with Crippen LogP contribution in [0.25, 0.3) is 0 Å². The minimum Gasteiger partial charge on any atom is -0.481 e. The largest absolute Gasteiger partial charge is 0.481 e. The van der Waals surface area contributed by atoms with Gasteiger partial charge in [0.2, 0.25) is 5.88 Å². The molecule has 4 nitrogen and oxygen atoms in total. The van der Waals surface area contributed by atoms with E-state index in [2.05, 4.69) is 15.3 Å². The van der Waals surface area contributed by atoms with Crippen LogP contribution >= 0.6 is 0 Å². The summed E-state index contributed by atoms with van der Waals surface area (Å²) in [5.41, 5.74) is 2.38. The monoisotopic (exact) mass is 275 g/mol. The molecule has 5 heteroatoms. The summed E-state index contributed by atoms with van der Waals surface area (Å²) in [6.45, 7) is 4.54. The molecule has 0 saturated carbocycles. The molecule has 0 saturated heterocycles. The lowest BCUT2D eigenvalue weighted by Gasteiger charge is -2.18. The van der Waals surface area contributed by atoms with Gasteiger partial charge < -0.3 is 10.1 Å². The molecule has 0 radical (unpaired) electrons. The van der Waals surface area contributed by atoms with Crippen molar-refractivity contribution in [3.05, 3.63) is 53.2 Å². The first-order valence-electron chi connectivity index (χ1n) is 6.51. The molecule has 0 amide bonds. The summed E-state index contributed by atoms with van der Waals surface area (Å²) < 4.78 is 18.5. The molecule has 1 atom stereocenters. The lowest BCUT2D eigenvalue weighted by Crippen LogP contribution is -2.23. The molecule has 0 spiro atoms. The van der Waals surface area contributed by atoms with Crippen molar-refractivity contribution in [3.8, 4) is 5.88 Å². The summed E-state index contributed by atoms with van der Waals surface area (Å²) in [6, 6.07) is 6.75. The summed E-state index contributed by atoms with van der Waals surface area (Å²) in [5, 5.41) is 3.34. The molecule has 1 aromatic heterocycles. The van der Waals surface area contributed by atoms with Crippen molar-refractivity contribution < 1.29 is 9.13 Å². The van der Waals surface area contributed by atoms with Crippen LogP contribution in [0.15, 0.2) is 30.6 Å². The van der Waals surface area contributed by atoms with Gasteiger partial charge in [0.05, 0.1) is 18.8 Å². The van der Waals surface area contributed by atoms with Crippen LogP contribution in [-0.4, -0.2) is 23.6 Å². The number of nitrogens with zero attached hydrogens (tertiary/aromatic N) is 2. The summed E-state index contributed by atoms with van der Waals surface area (Å²) in [5.74, 6) is 0.306. The Labute approximate surface area is 118 Å². The molecule has 0 aliphatic carbocycles. The van der Waals surface area contributed by atoms with Gasteiger partial charge in [0.15, 0.2) is 0 Å². The normalized spacial score (nSPS) is 12.2. The zero-order valence-corrected chi connectivity index (χ0v) is 11.9. The van der Waals surface area contributed by atoms with Gasteiger partial charge in [0.1, 0.15) is 12.1 Å². The van der Waals surface area contributed by atoms with Crippen LogP contribution < -0.4 is 10.1 Å². The molecule has 1 N–H and O–H groups in total. The van der Waals surface area contributed by atoms with Crippen LogP contribution in [0.3, 0.4) is 0 Å². The van der Waals surface area contributed by atoms with Crippen molar-refractivity contribution in [2.24, 2.45) is 0 Å². The number of benzene rings is 1. The zero-order chi connectivity index (χ0) is 14.5. The van der Waals surface area contributed by atoms with E-state index in [4.69, 9.17) is 4.74 Å². The fourth-order valence-corrected chi connectivity index (χ4v) is 2.07. The Morgan fingerprint density at radius 2 is 2.10 bits per heavy atom. The third kappa shape index (κ3) is 3.11. The van der Waals surface area contributed by atoms with E-state index >= 15 is 0 Å². The summed E-state index contributed by atoms with van der Waals surface area (Å²) in [4.78, 5) is 8.29. The van der Waals surface area contributed by atoms with Gasteiger partial charge in [-0.1, -0.05) is 19.1 Å². The van der Waals surface area contributed by atoms with Gasteiger partial charge in [-0.05, 0) is 30.7 Å². The highest BCUT2D eigenvalue weighted by molar-refractivity contribution is 5.32. The first kappa shape index (κ1) is 14.4. The Morgan fingerprint density at radius 1 is 1.30 bits per heavy atom. The second-order valence-electron chi connectivity index (χ2n) is 4.48. The van der Waals surface area contributed by atoms with E-state index in [1.807, 2.05) is 13.0 Å². The fourth-order valence-electron chi connectivity index (χ4n) is 2.07. The average molecular weight is 275 g/mol. The predicted octanol–water partition coefficient (Wildman–Crippen LogP) is 2.63. The van der Waals surface area contributed by atoms with E-state index in [9.17, 15) is 4.39 Å². The molecule has 20 heavy (non-hydrogen) atoms. The summed E-state index contributed by atoms with van der Waals surface area (Å²) in [7, 11) is 1.57. The van der Waals surface area contributed by atoms with Crippen molar-refractivity contribution in [3.63, 3.8) is 0 Å². The smallest absolute Gasteiger partial charge is 0.216 e. The van der Waals surface area contributed by atoms with E-state index in [1.165, 1.54) is 12.4 Å². The topological polar surface area (TPSA) is 47.0 Å². The molecule has 1 aromatic carbocycles. The van der Waals surface area contributed by atoms with Gasteiger partial charge in [-0.15, -0.1) is 0 Å². The van der Waals surface area contributed by atoms with Gasteiger partial charge in [-0.25, -0.2) is 14.4 Å². The molecule has 1 unspecified atom stereocenters. The minimum atomic E-state index is -0.204. The standard InChI is InChI=1S/C15H18FN3O/c1-4-17-15(11-5-6-12(16)10(2)7-11)13-8-14(20-3)19-9-18-13/h5-9,15,17H,4H2,1-3H3. The van der Waals surface area contributed by atoms with Crippen LogP contribution in [0.5, 0.6) is 5.88 Å². The van der Waals surface area contributed by atoms with Crippen molar-refractivity contribution >= 4 is 0 Å². The maximum Gasteiger partial charge on any atom is 0.216 e. The summed E-state index contributed by atoms with van der Waals surface area (Å²) in [6.07, 6.45) is 1.47. The van der Waals surface area contributed by atoms with E-state index < -0.39 is 0 Å². The highest BCUT2D eigenvalue weighted by Gasteiger charge is 2.16. The number of rotatable bonds is 5. The van der Waals surface area contributed by atoms with Gasteiger partial charge >= 0.3 is 0 Å². The minimum absolute atomic E-state index is 0.115. The van der Waals surface area contributed by atoms with Crippen LogP contribution in [0.4, 0.5) is 4.39 Å². The van der Waals surface area contributed by atoms with E-state index in [1.54, 1.807) is 26.2 Å². The van der Waals surface area contributed by atoms with Crippen LogP contribution in [0.2, 0.25) is 0 Å². The van der Waals surface area contributed by atoms with E-state index in [-0.39, 0.29) is 11.9 Å². The van der Waals surface area contributed by atoms with Crippen LogP contribution in [0.1, 0.15) is 29.8 Å². The number of hydrogen-bond acceptors (Lipinski definition) is 4. The van der Waals surface area contributed by atoms with E-state index in [0.717, 1.165) is 17.8 Å². The third-order valence-corrected chi connectivity index (χ3v) is 3.09. The molecule has 2 rings (SSSR count). The number of methoxy groups -OCH3 is 1. The molecular formula is C15H18FN3O. The first-order valence-corrected chi connectivity index (χ1v) is 6.51. The first-order chi connectivity index (χ1) is 9.65.